The standard InChI is InChI=1S/C19H16BN5O3/c21-16-10-22-24-17-7-11(1-2-14(16)17)15-8-12(20(26)27)9-18-19(15)25-13(3-5-23-25)4-6-28-18/h1-3,5,7-10,26-27H,4,6H2,(H2,21,24). The molecule has 0 spiro atoms. The van der Waals surface area contributed by atoms with Crippen molar-refractivity contribution in [2.75, 3.05) is 12.3 Å². The molecule has 28 heavy (non-hydrogen) atoms. The van der Waals surface area contributed by atoms with Gasteiger partial charge in [0.05, 0.1) is 24.0 Å². The molecule has 3 heterocycles. The van der Waals surface area contributed by atoms with Gasteiger partial charge in [-0.3, -0.25) is 0 Å². The summed E-state index contributed by atoms with van der Waals surface area (Å²) in [6.45, 7) is 0.475. The van der Waals surface area contributed by atoms with Crippen molar-refractivity contribution < 1.29 is 14.8 Å². The molecule has 4 aromatic rings. The van der Waals surface area contributed by atoms with Gasteiger partial charge in [-0.15, -0.1) is 0 Å². The smallest absolute Gasteiger partial charge is 0.488 e. The third-order valence-electron chi connectivity index (χ3n) is 4.93. The predicted molar refractivity (Wildman–Crippen MR) is 106 cm³/mol. The summed E-state index contributed by atoms with van der Waals surface area (Å²) < 4.78 is 7.75. The van der Waals surface area contributed by atoms with Crippen molar-refractivity contribution in [3.05, 3.63) is 54.5 Å². The number of ether oxygens (including phenoxy) is 1. The average Bonchev–Trinajstić information content (AvgIpc) is 3.08. The Morgan fingerprint density at radius 1 is 1.14 bits per heavy atom. The number of rotatable bonds is 2. The van der Waals surface area contributed by atoms with Gasteiger partial charge >= 0.3 is 7.12 Å². The second-order valence-corrected chi connectivity index (χ2v) is 6.65. The van der Waals surface area contributed by atoms with E-state index < -0.39 is 7.12 Å². The molecule has 8 nitrogen and oxygen atoms in total. The quantitative estimate of drug-likeness (QED) is 0.442. The summed E-state index contributed by atoms with van der Waals surface area (Å²) in [5.41, 5.74) is 10.9. The molecule has 0 saturated carbocycles. The molecule has 0 radical (unpaired) electrons. The molecule has 0 fully saturated rings. The number of nitrogen functional groups attached to an aromatic ring is 1. The van der Waals surface area contributed by atoms with Crippen LogP contribution in [0.15, 0.2) is 48.8 Å². The molecule has 0 atom stereocenters. The number of anilines is 1. The van der Waals surface area contributed by atoms with Crippen LogP contribution in [0, 0.1) is 0 Å². The van der Waals surface area contributed by atoms with E-state index in [9.17, 15) is 10.0 Å². The Labute approximate surface area is 160 Å². The summed E-state index contributed by atoms with van der Waals surface area (Å²) in [6.07, 6.45) is 3.96. The first-order chi connectivity index (χ1) is 13.6. The number of hydrogen-bond donors (Lipinski definition) is 3. The third-order valence-corrected chi connectivity index (χ3v) is 4.93. The molecule has 0 saturated heterocycles. The van der Waals surface area contributed by atoms with Gasteiger partial charge in [0.25, 0.3) is 0 Å². The van der Waals surface area contributed by atoms with Gasteiger partial charge in [0.15, 0.2) is 0 Å². The number of nitrogens with zero attached hydrogens (tertiary/aromatic N) is 4. The molecule has 2 aromatic heterocycles. The van der Waals surface area contributed by atoms with E-state index in [0.717, 1.165) is 27.9 Å². The zero-order valence-electron chi connectivity index (χ0n) is 14.8. The molecular weight excluding hydrogens is 357 g/mol. The predicted octanol–water partition coefficient (Wildman–Crippen LogP) is 0.679. The van der Waals surface area contributed by atoms with Crippen molar-refractivity contribution in [2.45, 2.75) is 6.42 Å². The number of fused-ring (bicyclic) bond motifs is 4. The van der Waals surface area contributed by atoms with Crippen LogP contribution in [0.2, 0.25) is 0 Å². The number of hydrogen-bond acceptors (Lipinski definition) is 7. The van der Waals surface area contributed by atoms with Crippen LogP contribution in [0.4, 0.5) is 5.69 Å². The van der Waals surface area contributed by atoms with Gasteiger partial charge in [0.2, 0.25) is 0 Å². The van der Waals surface area contributed by atoms with E-state index in [2.05, 4.69) is 15.3 Å². The number of benzene rings is 2. The first-order valence-electron chi connectivity index (χ1n) is 8.83. The molecule has 2 aromatic carbocycles. The van der Waals surface area contributed by atoms with Gasteiger partial charge in [-0.2, -0.15) is 15.3 Å². The van der Waals surface area contributed by atoms with Gasteiger partial charge < -0.3 is 20.5 Å². The Morgan fingerprint density at radius 3 is 2.89 bits per heavy atom. The van der Waals surface area contributed by atoms with Gasteiger partial charge in [-0.1, -0.05) is 12.1 Å². The molecule has 9 heteroatoms. The highest BCUT2D eigenvalue weighted by Gasteiger charge is 2.24. The lowest BCUT2D eigenvalue weighted by atomic mass is 9.78. The Balaban J connectivity index is 1.81. The van der Waals surface area contributed by atoms with Crippen LogP contribution >= 0.6 is 0 Å². The van der Waals surface area contributed by atoms with Crippen molar-refractivity contribution in [2.24, 2.45) is 0 Å². The molecular formula is C19H16BN5O3. The van der Waals surface area contributed by atoms with Crippen molar-refractivity contribution in [1.29, 1.82) is 0 Å². The topological polar surface area (TPSA) is 119 Å². The second-order valence-electron chi connectivity index (χ2n) is 6.65. The molecule has 4 N–H and O–H groups in total. The lowest BCUT2D eigenvalue weighted by molar-refractivity contribution is 0.326. The highest BCUT2D eigenvalue weighted by molar-refractivity contribution is 6.58. The Morgan fingerprint density at radius 2 is 2.04 bits per heavy atom. The van der Waals surface area contributed by atoms with Gasteiger partial charge in [-0.05, 0) is 35.3 Å². The summed E-state index contributed by atoms with van der Waals surface area (Å²) in [6, 6.07) is 11.0. The van der Waals surface area contributed by atoms with Crippen LogP contribution in [0.25, 0.3) is 27.7 Å². The number of aromatic nitrogens is 4. The van der Waals surface area contributed by atoms with E-state index in [1.807, 2.05) is 28.9 Å². The molecule has 0 unspecified atom stereocenters. The van der Waals surface area contributed by atoms with Crippen molar-refractivity contribution in [3.63, 3.8) is 0 Å². The molecule has 0 amide bonds. The van der Waals surface area contributed by atoms with E-state index >= 15 is 0 Å². The maximum atomic E-state index is 9.77. The maximum absolute atomic E-state index is 9.77. The fourth-order valence-corrected chi connectivity index (χ4v) is 3.56. The molecule has 0 bridgehead atoms. The van der Waals surface area contributed by atoms with E-state index in [4.69, 9.17) is 10.5 Å². The summed E-state index contributed by atoms with van der Waals surface area (Å²) in [7, 11) is -1.62. The summed E-state index contributed by atoms with van der Waals surface area (Å²) in [5, 5.41) is 32.9. The van der Waals surface area contributed by atoms with Crippen molar-refractivity contribution in [1.82, 2.24) is 20.0 Å². The minimum absolute atomic E-state index is 0.336. The van der Waals surface area contributed by atoms with Crippen LogP contribution in [0.3, 0.4) is 0 Å². The summed E-state index contributed by atoms with van der Waals surface area (Å²) in [4.78, 5) is 0. The van der Waals surface area contributed by atoms with E-state index in [1.165, 1.54) is 6.20 Å². The Kier molecular flexibility index (Phi) is 3.78. The zero-order chi connectivity index (χ0) is 19.3. The van der Waals surface area contributed by atoms with Gasteiger partial charge in [0.1, 0.15) is 11.4 Å². The maximum Gasteiger partial charge on any atom is 0.488 e. The summed E-state index contributed by atoms with van der Waals surface area (Å²) >= 11 is 0. The summed E-state index contributed by atoms with van der Waals surface area (Å²) in [5.74, 6) is 0.543. The highest BCUT2D eigenvalue weighted by atomic mass is 16.5. The van der Waals surface area contributed by atoms with Gasteiger partial charge in [0, 0.05) is 29.3 Å². The van der Waals surface area contributed by atoms with Crippen LogP contribution in [-0.4, -0.2) is 43.8 Å². The third kappa shape index (κ3) is 2.60. The average molecular weight is 373 g/mol. The van der Waals surface area contributed by atoms with Crippen LogP contribution in [-0.2, 0) is 6.42 Å². The fraction of sp³-hybridized carbons (Fsp3) is 0.105. The van der Waals surface area contributed by atoms with Crippen LogP contribution in [0.5, 0.6) is 5.75 Å². The van der Waals surface area contributed by atoms with Crippen LogP contribution < -0.4 is 15.9 Å². The van der Waals surface area contributed by atoms with E-state index in [1.54, 1.807) is 18.3 Å². The fourth-order valence-electron chi connectivity index (χ4n) is 3.56. The second kappa shape index (κ2) is 6.33. The highest BCUT2D eigenvalue weighted by Crippen LogP contribution is 2.36. The van der Waals surface area contributed by atoms with Crippen LogP contribution in [0.1, 0.15) is 5.69 Å². The minimum Gasteiger partial charge on any atom is -0.491 e. The van der Waals surface area contributed by atoms with Gasteiger partial charge in [-0.25, -0.2) is 4.68 Å². The molecule has 1 aliphatic heterocycles. The largest absolute Gasteiger partial charge is 0.491 e. The Bertz CT molecular complexity index is 1210. The molecule has 138 valence electrons. The van der Waals surface area contributed by atoms with Crippen molar-refractivity contribution >= 4 is 29.2 Å². The van der Waals surface area contributed by atoms with E-state index in [0.29, 0.717) is 35.4 Å². The van der Waals surface area contributed by atoms with Crippen molar-refractivity contribution in [3.8, 4) is 22.6 Å². The zero-order valence-corrected chi connectivity index (χ0v) is 14.8. The Hall–Kier alpha value is -3.43. The molecule has 1 aliphatic rings. The first kappa shape index (κ1) is 16.7. The molecule has 5 rings (SSSR count). The first-order valence-corrected chi connectivity index (χ1v) is 8.83. The number of nitrogens with two attached hydrogens (primary N) is 1. The minimum atomic E-state index is -1.62. The monoisotopic (exact) mass is 373 g/mol. The SMILES string of the molecule is Nc1cnnc2cc(-c3cc(B(O)O)cc4c3-n3nccc3CCO4)ccc12. The lowest BCUT2D eigenvalue weighted by Gasteiger charge is -2.17. The molecule has 0 aliphatic carbocycles. The van der Waals surface area contributed by atoms with E-state index in [-0.39, 0.29) is 0 Å². The normalized spacial score (nSPS) is 12.8. The lowest BCUT2D eigenvalue weighted by Crippen LogP contribution is -2.30.